The van der Waals surface area contributed by atoms with Crippen LogP contribution in [0.1, 0.15) is 16.2 Å². The number of hydrogen-bond acceptors (Lipinski definition) is 3. The number of anilines is 1. The van der Waals surface area contributed by atoms with Gasteiger partial charge in [0.1, 0.15) is 5.69 Å². The van der Waals surface area contributed by atoms with Crippen molar-refractivity contribution in [1.29, 1.82) is 0 Å². The van der Waals surface area contributed by atoms with E-state index in [1.165, 1.54) is 0 Å². The Hall–Kier alpha value is -2.15. The van der Waals surface area contributed by atoms with Crippen molar-refractivity contribution in [2.24, 2.45) is 14.1 Å². The third-order valence-electron chi connectivity index (χ3n) is 3.33. The van der Waals surface area contributed by atoms with Gasteiger partial charge in [0.15, 0.2) is 5.65 Å². The Morgan fingerprint density at radius 2 is 2.10 bits per heavy atom. The minimum atomic E-state index is -0.175. The number of nitrogens with one attached hydrogen (secondary N) is 1. The zero-order chi connectivity index (χ0) is 15.1. The molecule has 0 atom stereocenters. The molecular formula is C14H14BrN5O. The molecule has 3 aromatic heterocycles. The number of carbonyl (C=O) groups is 1. The van der Waals surface area contributed by atoms with E-state index in [0.29, 0.717) is 11.4 Å². The van der Waals surface area contributed by atoms with Gasteiger partial charge in [-0.05, 0) is 35.0 Å². The van der Waals surface area contributed by atoms with Gasteiger partial charge in [-0.25, -0.2) is 4.98 Å². The number of aryl methyl sites for hydroxylation is 3. The van der Waals surface area contributed by atoms with Crippen LogP contribution in [0.15, 0.2) is 29.0 Å². The van der Waals surface area contributed by atoms with Crippen LogP contribution >= 0.6 is 15.9 Å². The zero-order valence-electron chi connectivity index (χ0n) is 11.9. The second-order valence-electron chi connectivity index (χ2n) is 4.91. The summed E-state index contributed by atoms with van der Waals surface area (Å²) in [6, 6.07) is 3.66. The Morgan fingerprint density at radius 3 is 2.76 bits per heavy atom. The molecule has 0 radical (unpaired) electrons. The van der Waals surface area contributed by atoms with Crippen LogP contribution in [0.3, 0.4) is 0 Å². The van der Waals surface area contributed by atoms with Gasteiger partial charge in [0, 0.05) is 30.2 Å². The molecule has 0 aliphatic heterocycles. The van der Waals surface area contributed by atoms with Crippen LogP contribution in [0.4, 0.5) is 5.69 Å². The molecule has 3 heterocycles. The molecule has 7 heteroatoms. The topological polar surface area (TPSA) is 64.7 Å². The molecule has 0 unspecified atom stereocenters. The van der Waals surface area contributed by atoms with Crippen molar-refractivity contribution in [1.82, 2.24) is 19.3 Å². The van der Waals surface area contributed by atoms with E-state index in [2.05, 4.69) is 31.3 Å². The van der Waals surface area contributed by atoms with Crippen LogP contribution in [0.25, 0.3) is 11.0 Å². The quantitative estimate of drug-likeness (QED) is 0.774. The molecule has 3 rings (SSSR count). The summed E-state index contributed by atoms with van der Waals surface area (Å²) in [5.74, 6) is -0.175. The lowest BCUT2D eigenvalue weighted by Crippen LogP contribution is -2.15. The van der Waals surface area contributed by atoms with Crippen LogP contribution in [0, 0.1) is 6.92 Å². The molecule has 0 aliphatic rings. The first-order valence-electron chi connectivity index (χ1n) is 6.38. The molecule has 3 aromatic rings. The van der Waals surface area contributed by atoms with Gasteiger partial charge < -0.3 is 9.88 Å². The van der Waals surface area contributed by atoms with E-state index in [9.17, 15) is 4.79 Å². The van der Waals surface area contributed by atoms with Crippen molar-refractivity contribution in [3.05, 3.63) is 40.4 Å². The van der Waals surface area contributed by atoms with Gasteiger partial charge in [0.25, 0.3) is 5.91 Å². The fraction of sp³-hybridized carbons (Fsp3) is 0.214. The standard InChI is InChI=1S/C14H14BrN5O/c1-8-11-5-10(6-16-13(11)20(3)18-8)17-14(21)12-4-9(15)7-19(12)2/h4-7H,1-3H3,(H,17,21). The summed E-state index contributed by atoms with van der Waals surface area (Å²) < 4.78 is 4.36. The Labute approximate surface area is 129 Å². The van der Waals surface area contributed by atoms with Crippen LogP contribution in [0.5, 0.6) is 0 Å². The maximum atomic E-state index is 12.3. The molecular weight excluding hydrogens is 334 g/mol. The average Bonchev–Trinajstić information content (AvgIpc) is 2.90. The smallest absolute Gasteiger partial charge is 0.272 e. The number of hydrogen-bond donors (Lipinski definition) is 1. The largest absolute Gasteiger partial charge is 0.345 e. The van der Waals surface area contributed by atoms with Gasteiger partial charge in [0.05, 0.1) is 17.6 Å². The molecule has 0 aliphatic carbocycles. The van der Waals surface area contributed by atoms with Gasteiger partial charge in [-0.2, -0.15) is 5.10 Å². The first-order valence-corrected chi connectivity index (χ1v) is 7.17. The van der Waals surface area contributed by atoms with Crippen molar-refractivity contribution in [2.45, 2.75) is 6.92 Å². The zero-order valence-corrected chi connectivity index (χ0v) is 13.5. The number of amides is 1. The molecule has 21 heavy (non-hydrogen) atoms. The van der Waals surface area contributed by atoms with Gasteiger partial charge in [-0.1, -0.05) is 0 Å². The molecule has 0 fully saturated rings. The molecule has 0 aromatic carbocycles. The number of halogens is 1. The van der Waals surface area contributed by atoms with Crippen LogP contribution in [-0.4, -0.2) is 25.2 Å². The minimum absolute atomic E-state index is 0.175. The van der Waals surface area contributed by atoms with E-state index in [1.54, 1.807) is 21.5 Å². The van der Waals surface area contributed by atoms with Crippen molar-refractivity contribution in [2.75, 3.05) is 5.32 Å². The number of rotatable bonds is 2. The van der Waals surface area contributed by atoms with Gasteiger partial charge in [-0.15, -0.1) is 0 Å². The monoisotopic (exact) mass is 347 g/mol. The molecule has 108 valence electrons. The molecule has 0 saturated heterocycles. The molecule has 6 nitrogen and oxygen atoms in total. The Bertz CT molecular complexity index is 849. The van der Waals surface area contributed by atoms with E-state index in [4.69, 9.17) is 0 Å². The van der Waals surface area contributed by atoms with Crippen LogP contribution in [0.2, 0.25) is 0 Å². The molecule has 1 N–H and O–H groups in total. The molecule has 0 spiro atoms. The first kappa shape index (κ1) is 13.8. The highest BCUT2D eigenvalue weighted by Gasteiger charge is 2.13. The number of pyridine rings is 1. The van der Waals surface area contributed by atoms with Gasteiger partial charge in [-0.3, -0.25) is 9.48 Å². The lowest BCUT2D eigenvalue weighted by atomic mass is 10.2. The van der Waals surface area contributed by atoms with Crippen molar-refractivity contribution in [3.8, 4) is 0 Å². The highest BCUT2D eigenvalue weighted by atomic mass is 79.9. The lowest BCUT2D eigenvalue weighted by molar-refractivity contribution is 0.101. The normalized spacial score (nSPS) is 11.0. The summed E-state index contributed by atoms with van der Waals surface area (Å²) in [4.78, 5) is 16.6. The van der Waals surface area contributed by atoms with Crippen LogP contribution < -0.4 is 5.32 Å². The number of nitrogens with zero attached hydrogens (tertiary/aromatic N) is 4. The first-order chi connectivity index (χ1) is 9.95. The third-order valence-corrected chi connectivity index (χ3v) is 3.76. The predicted molar refractivity (Wildman–Crippen MR) is 84.3 cm³/mol. The third kappa shape index (κ3) is 2.44. The second-order valence-corrected chi connectivity index (χ2v) is 5.83. The van der Waals surface area contributed by atoms with E-state index in [0.717, 1.165) is 21.2 Å². The number of carbonyl (C=O) groups excluding carboxylic acids is 1. The summed E-state index contributed by atoms with van der Waals surface area (Å²) in [5, 5.41) is 8.11. The highest BCUT2D eigenvalue weighted by Crippen LogP contribution is 2.20. The second kappa shape index (κ2) is 5.00. The molecule has 0 saturated carbocycles. The predicted octanol–water partition coefficient (Wildman–Crippen LogP) is 2.63. The fourth-order valence-electron chi connectivity index (χ4n) is 2.32. The lowest BCUT2D eigenvalue weighted by Gasteiger charge is -2.06. The van der Waals surface area contributed by atoms with E-state index in [1.807, 2.05) is 33.3 Å². The summed E-state index contributed by atoms with van der Waals surface area (Å²) in [6.07, 6.45) is 3.47. The maximum Gasteiger partial charge on any atom is 0.272 e. The van der Waals surface area contributed by atoms with Crippen molar-refractivity contribution >= 4 is 38.6 Å². The Kier molecular flexibility index (Phi) is 3.29. The van der Waals surface area contributed by atoms with E-state index < -0.39 is 0 Å². The van der Waals surface area contributed by atoms with Crippen molar-refractivity contribution in [3.63, 3.8) is 0 Å². The SMILES string of the molecule is Cc1nn(C)c2ncc(NC(=O)c3cc(Br)cn3C)cc12. The number of fused-ring (bicyclic) bond motifs is 1. The van der Waals surface area contributed by atoms with Crippen LogP contribution in [-0.2, 0) is 14.1 Å². The minimum Gasteiger partial charge on any atom is -0.345 e. The summed E-state index contributed by atoms with van der Waals surface area (Å²) in [6.45, 7) is 1.92. The van der Waals surface area contributed by atoms with Gasteiger partial charge >= 0.3 is 0 Å². The average molecular weight is 348 g/mol. The van der Waals surface area contributed by atoms with E-state index in [-0.39, 0.29) is 5.91 Å². The summed E-state index contributed by atoms with van der Waals surface area (Å²) in [5.41, 5.74) is 2.91. The van der Waals surface area contributed by atoms with Crippen molar-refractivity contribution < 1.29 is 4.79 Å². The Balaban J connectivity index is 1.93. The summed E-state index contributed by atoms with van der Waals surface area (Å²) in [7, 11) is 3.68. The maximum absolute atomic E-state index is 12.3. The molecule has 0 bridgehead atoms. The number of aromatic nitrogens is 4. The van der Waals surface area contributed by atoms with E-state index >= 15 is 0 Å². The molecule has 1 amide bonds. The Morgan fingerprint density at radius 1 is 1.33 bits per heavy atom. The fourth-order valence-corrected chi connectivity index (χ4v) is 2.85. The summed E-state index contributed by atoms with van der Waals surface area (Å²) >= 11 is 3.36. The van der Waals surface area contributed by atoms with Gasteiger partial charge in [0.2, 0.25) is 0 Å². The highest BCUT2D eigenvalue weighted by molar-refractivity contribution is 9.10.